The molecule has 0 unspecified atom stereocenters. The predicted molar refractivity (Wildman–Crippen MR) is 70.0 cm³/mol. The Morgan fingerprint density at radius 3 is 1.96 bits per heavy atom. The highest BCUT2D eigenvalue weighted by Gasteiger charge is 2.43. The summed E-state index contributed by atoms with van der Waals surface area (Å²) in [6.45, 7) is -0.669. The summed E-state index contributed by atoms with van der Waals surface area (Å²) < 4.78 is 76.1. The minimum Gasteiger partial charge on any atom is -0.396 e. The Labute approximate surface area is 134 Å². The minimum atomic E-state index is -5.11. The molecule has 2 rings (SSSR count). The Kier molecular flexibility index (Phi) is 4.42. The summed E-state index contributed by atoms with van der Waals surface area (Å²) in [5.74, 6) is -3.67. The summed E-state index contributed by atoms with van der Waals surface area (Å²) in [4.78, 5) is 2.52. The van der Waals surface area contributed by atoms with Gasteiger partial charge in [0.25, 0.3) is 5.82 Å². The fourth-order valence-electron chi connectivity index (χ4n) is 1.68. The highest BCUT2D eigenvalue weighted by molar-refractivity contribution is 6.38. The SMILES string of the molecule is Nc1c(Cl)cc(Cn2nc(C(F)(F)F)nc2C(F)(F)F)cc1Cl. The van der Waals surface area contributed by atoms with Crippen molar-refractivity contribution in [2.75, 3.05) is 5.73 Å². The molecular weight excluding hydrogens is 373 g/mol. The standard InChI is InChI=1S/C11H6Cl2F6N4/c12-5-1-4(2-6(13)7(5)20)3-23-9(11(17,18)19)21-8(22-23)10(14,15)16/h1-2H,3,20H2. The third kappa shape index (κ3) is 3.81. The molecule has 1 aromatic heterocycles. The molecule has 2 aromatic rings. The van der Waals surface area contributed by atoms with Crippen LogP contribution in [0.3, 0.4) is 0 Å². The van der Waals surface area contributed by atoms with E-state index in [4.69, 9.17) is 28.9 Å². The van der Waals surface area contributed by atoms with Crippen molar-refractivity contribution in [2.45, 2.75) is 18.9 Å². The second kappa shape index (κ2) is 5.75. The Bertz CT molecular complexity index is 714. The highest BCUT2D eigenvalue weighted by atomic mass is 35.5. The molecule has 1 heterocycles. The molecule has 0 aliphatic rings. The van der Waals surface area contributed by atoms with Gasteiger partial charge in [-0.2, -0.15) is 31.3 Å². The smallest absolute Gasteiger partial charge is 0.396 e. The molecule has 0 saturated heterocycles. The zero-order chi connectivity index (χ0) is 17.6. The summed E-state index contributed by atoms with van der Waals surface area (Å²) in [7, 11) is 0. The van der Waals surface area contributed by atoms with Crippen molar-refractivity contribution >= 4 is 28.9 Å². The molecule has 0 radical (unpaired) electrons. The lowest BCUT2D eigenvalue weighted by atomic mass is 10.2. The fraction of sp³-hybridized carbons (Fsp3) is 0.273. The molecule has 0 saturated carbocycles. The predicted octanol–water partition coefficient (Wildman–Crippen LogP) is 4.25. The molecule has 0 aliphatic carbocycles. The summed E-state index contributed by atoms with van der Waals surface area (Å²) in [5, 5.41) is 2.78. The van der Waals surface area contributed by atoms with Crippen LogP contribution < -0.4 is 5.73 Å². The van der Waals surface area contributed by atoms with Crippen LogP contribution in [0.25, 0.3) is 0 Å². The fourth-order valence-corrected chi connectivity index (χ4v) is 2.22. The number of nitrogen functional groups attached to an aromatic ring is 1. The third-order valence-electron chi connectivity index (χ3n) is 2.65. The molecule has 126 valence electrons. The highest BCUT2D eigenvalue weighted by Crippen LogP contribution is 2.34. The lowest BCUT2D eigenvalue weighted by molar-refractivity contribution is -0.150. The summed E-state index contributed by atoms with van der Waals surface area (Å²) >= 11 is 11.5. The molecule has 0 spiro atoms. The van der Waals surface area contributed by atoms with E-state index in [1.165, 1.54) is 12.1 Å². The van der Waals surface area contributed by atoms with Gasteiger partial charge in [0.2, 0.25) is 5.82 Å². The minimum absolute atomic E-state index is 0.00250. The monoisotopic (exact) mass is 378 g/mol. The van der Waals surface area contributed by atoms with Crippen LogP contribution in [-0.2, 0) is 18.9 Å². The van der Waals surface area contributed by atoms with Gasteiger partial charge in [-0.15, -0.1) is 5.10 Å². The second-order valence-electron chi connectivity index (χ2n) is 4.39. The molecule has 0 fully saturated rings. The van der Waals surface area contributed by atoms with Crippen LogP contribution in [-0.4, -0.2) is 14.8 Å². The summed E-state index contributed by atoms with van der Waals surface area (Å²) in [6, 6.07) is 2.36. The lowest BCUT2D eigenvalue weighted by Crippen LogP contribution is -2.16. The largest absolute Gasteiger partial charge is 0.453 e. The number of halogens is 8. The molecule has 4 nitrogen and oxygen atoms in total. The number of hydrogen-bond acceptors (Lipinski definition) is 3. The average molecular weight is 379 g/mol. The first kappa shape index (κ1) is 17.7. The van der Waals surface area contributed by atoms with Crippen LogP contribution in [0, 0.1) is 0 Å². The van der Waals surface area contributed by atoms with E-state index >= 15 is 0 Å². The average Bonchev–Trinajstić information content (AvgIpc) is 2.79. The first-order valence-corrected chi connectivity index (χ1v) is 6.48. The first-order valence-electron chi connectivity index (χ1n) is 5.72. The summed E-state index contributed by atoms with van der Waals surface area (Å²) in [6.07, 6.45) is -10.2. The molecule has 0 amide bonds. The van der Waals surface area contributed by atoms with Crippen molar-refractivity contribution in [1.82, 2.24) is 14.8 Å². The molecule has 12 heteroatoms. The van der Waals surface area contributed by atoms with E-state index in [2.05, 4.69) is 10.1 Å². The maximum absolute atomic E-state index is 12.8. The van der Waals surface area contributed by atoms with Gasteiger partial charge in [0.15, 0.2) is 0 Å². The van der Waals surface area contributed by atoms with Crippen LogP contribution in [0.4, 0.5) is 32.0 Å². The van der Waals surface area contributed by atoms with Crippen molar-refractivity contribution in [1.29, 1.82) is 0 Å². The van der Waals surface area contributed by atoms with Crippen LogP contribution in [0.1, 0.15) is 17.2 Å². The number of benzene rings is 1. The van der Waals surface area contributed by atoms with Gasteiger partial charge in [0, 0.05) is 0 Å². The van der Waals surface area contributed by atoms with Gasteiger partial charge in [0.1, 0.15) is 0 Å². The van der Waals surface area contributed by atoms with Crippen molar-refractivity contribution < 1.29 is 26.3 Å². The van der Waals surface area contributed by atoms with E-state index < -0.39 is 30.5 Å². The van der Waals surface area contributed by atoms with Gasteiger partial charge >= 0.3 is 12.4 Å². The number of nitrogens with zero attached hydrogens (tertiary/aromatic N) is 3. The number of hydrogen-bond donors (Lipinski definition) is 1. The van der Waals surface area contributed by atoms with Crippen LogP contribution in [0.2, 0.25) is 10.0 Å². The van der Waals surface area contributed by atoms with Gasteiger partial charge in [0.05, 0.1) is 22.3 Å². The Morgan fingerprint density at radius 1 is 1.00 bits per heavy atom. The number of rotatable bonds is 2. The van der Waals surface area contributed by atoms with Crippen molar-refractivity contribution in [3.8, 4) is 0 Å². The molecule has 23 heavy (non-hydrogen) atoms. The van der Waals surface area contributed by atoms with Gasteiger partial charge in [-0.1, -0.05) is 23.2 Å². The molecular formula is C11H6Cl2F6N4. The Morgan fingerprint density at radius 2 is 1.52 bits per heavy atom. The topological polar surface area (TPSA) is 56.7 Å². The lowest BCUT2D eigenvalue weighted by Gasteiger charge is -2.10. The number of anilines is 1. The van der Waals surface area contributed by atoms with Crippen LogP contribution >= 0.6 is 23.2 Å². The van der Waals surface area contributed by atoms with E-state index in [1.54, 1.807) is 0 Å². The Balaban J connectivity index is 2.49. The van der Waals surface area contributed by atoms with E-state index in [0.717, 1.165) is 0 Å². The van der Waals surface area contributed by atoms with Crippen LogP contribution in [0.5, 0.6) is 0 Å². The molecule has 2 N–H and O–H groups in total. The first-order chi connectivity index (χ1) is 10.4. The zero-order valence-electron chi connectivity index (χ0n) is 10.8. The Hall–Kier alpha value is -1.68. The normalized spacial score (nSPS) is 12.7. The van der Waals surface area contributed by atoms with E-state index in [0.29, 0.717) is 0 Å². The molecule has 1 aromatic carbocycles. The molecule has 0 aliphatic heterocycles. The third-order valence-corrected chi connectivity index (χ3v) is 3.28. The van der Waals surface area contributed by atoms with Gasteiger partial charge in [-0.05, 0) is 17.7 Å². The van der Waals surface area contributed by atoms with E-state index in [-0.39, 0.29) is 26.0 Å². The van der Waals surface area contributed by atoms with Gasteiger partial charge in [-0.3, -0.25) is 0 Å². The number of aromatic nitrogens is 3. The van der Waals surface area contributed by atoms with Crippen LogP contribution in [0.15, 0.2) is 12.1 Å². The zero-order valence-corrected chi connectivity index (χ0v) is 12.3. The quantitative estimate of drug-likeness (QED) is 0.627. The maximum atomic E-state index is 12.8. The van der Waals surface area contributed by atoms with Gasteiger partial charge in [-0.25, -0.2) is 4.68 Å². The van der Waals surface area contributed by atoms with E-state index in [9.17, 15) is 26.3 Å². The second-order valence-corrected chi connectivity index (χ2v) is 5.20. The van der Waals surface area contributed by atoms with Crippen molar-refractivity contribution in [2.24, 2.45) is 0 Å². The summed E-state index contributed by atoms with van der Waals surface area (Å²) in [5.41, 5.74) is 5.56. The van der Waals surface area contributed by atoms with Crippen molar-refractivity contribution in [3.63, 3.8) is 0 Å². The number of nitrogens with two attached hydrogens (primary N) is 1. The maximum Gasteiger partial charge on any atom is 0.453 e. The van der Waals surface area contributed by atoms with Gasteiger partial charge < -0.3 is 5.73 Å². The molecule has 0 bridgehead atoms. The number of alkyl halides is 6. The van der Waals surface area contributed by atoms with E-state index in [1.807, 2.05) is 0 Å². The molecule has 0 atom stereocenters. The van der Waals surface area contributed by atoms with Crippen molar-refractivity contribution in [3.05, 3.63) is 39.4 Å².